The van der Waals surface area contributed by atoms with Crippen LogP contribution in [0, 0.1) is 18.3 Å². The average Bonchev–Trinajstić information content (AvgIpc) is 3.36. The van der Waals surface area contributed by atoms with Crippen LogP contribution in [0.25, 0.3) is 0 Å². The van der Waals surface area contributed by atoms with E-state index in [1.165, 1.54) is 24.0 Å². The molecule has 26 heavy (non-hydrogen) atoms. The van der Waals surface area contributed by atoms with E-state index in [1.54, 1.807) is 0 Å². The minimum absolute atomic E-state index is 0.0405. The molecule has 1 N–H and O–H groups in total. The SMILES string of the molecule is CC[C@H](CO)C(=O)N1CC2(CCC(Oc3cccc(C4CC4)c3C)C2)C1. The van der Waals surface area contributed by atoms with Crippen LogP contribution in [0.2, 0.25) is 0 Å². The predicted molar refractivity (Wildman–Crippen MR) is 101 cm³/mol. The highest BCUT2D eigenvalue weighted by Crippen LogP contribution is 2.48. The molecule has 1 saturated heterocycles. The Labute approximate surface area is 156 Å². The molecule has 2 atom stereocenters. The first kappa shape index (κ1) is 17.8. The standard InChI is InChI=1S/C22H31NO3/c1-3-16(12-24)21(25)23-13-22(14-23)10-9-18(11-22)26-20-6-4-5-19(15(20)2)17-7-8-17/h4-6,16-18,24H,3,7-14H2,1-2H3/t16-,18?/m1/s1. The van der Waals surface area contributed by atoms with E-state index in [0.717, 1.165) is 44.0 Å². The van der Waals surface area contributed by atoms with E-state index in [1.807, 2.05) is 11.8 Å². The van der Waals surface area contributed by atoms with Crippen LogP contribution in [0.1, 0.15) is 62.5 Å². The summed E-state index contributed by atoms with van der Waals surface area (Å²) in [5.74, 6) is 1.69. The molecule has 1 aliphatic heterocycles. The van der Waals surface area contributed by atoms with Gasteiger partial charge in [0.25, 0.3) is 0 Å². The summed E-state index contributed by atoms with van der Waals surface area (Å²) in [7, 11) is 0. The number of ether oxygens (including phenoxy) is 1. The number of hydrogen-bond acceptors (Lipinski definition) is 3. The van der Waals surface area contributed by atoms with E-state index >= 15 is 0 Å². The van der Waals surface area contributed by atoms with Gasteiger partial charge >= 0.3 is 0 Å². The Morgan fingerprint density at radius 2 is 2.12 bits per heavy atom. The number of rotatable bonds is 6. The second-order valence-electron chi connectivity index (χ2n) is 8.71. The molecule has 1 spiro atoms. The minimum atomic E-state index is -0.228. The summed E-state index contributed by atoms with van der Waals surface area (Å²) < 4.78 is 6.40. The number of carbonyl (C=O) groups excluding carboxylic acids is 1. The first-order valence-electron chi connectivity index (χ1n) is 10.2. The van der Waals surface area contributed by atoms with Crippen molar-refractivity contribution in [3.63, 3.8) is 0 Å². The third-order valence-electron chi connectivity index (χ3n) is 6.72. The number of hydrogen-bond donors (Lipinski definition) is 1. The molecule has 2 aliphatic carbocycles. The maximum Gasteiger partial charge on any atom is 0.228 e. The fraction of sp³-hybridized carbons (Fsp3) is 0.682. The Balaban J connectivity index is 1.34. The van der Waals surface area contributed by atoms with Crippen LogP contribution in [0.3, 0.4) is 0 Å². The van der Waals surface area contributed by atoms with Gasteiger partial charge in [-0.1, -0.05) is 19.1 Å². The second kappa shape index (κ2) is 6.88. The maximum atomic E-state index is 12.4. The molecule has 4 heteroatoms. The van der Waals surface area contributed by atoms with Gasteiger partial charge in [-0.25, -0.2) is 0 Å². The van der Waals surface area contributed by atoms with Crippen molar-refractivity contribution in [3.8, 4) is 5.75 Å². The lowest BCUT2D eigenvalue weighted by Gasteiger charge is -2.49. The van der Waals surface area contributed by atoms with Crippen molar-refractivity contribution < 1.29 is 14.6 Å². The number of amides is 1. The summed E-state index contributed by atoms with van der Waals surface area (Å²) in [6.45, 7) is 5.79. The van der Waals surface area contributed by atoms with Crippen LogP contribution < -0.4 is 4.74 Å². The summed E-state index contributed by atoms with van der Waals surface area (Å²) in [5, 5.41) is 9.35. The Morgan fingerprint density at radius 3 is 2.77 bits per heavy atom. The Morgan fingerprint density at radius 1 is 1.35 bits per heavy atom. The molecule has 3 fully saturated rings. The normalized spacial score (nSPS) is 25.2. The van der Waals surface area contributed by atoms with Gasteiger partial charge in [0, 0.05) is 18.5 Å². The van der Waals surface area contributed by atoms with Crippen molar-refractivity contribution in [2.24, 2.45) is 11.3 Å². The summed E-state index contributed by atoms with van der Waals surface area (Å²) in [5.41, 5.74) is 3.02. The molecule has 4 nitrogen and oxygen atoms in total. The first-order valence-corrected chi connectivity index (χ1v) is 10.2. The number of benzene rings is 1. The molecular formula is C22H31NO3. The number of likely N-dealkylation sites (tertiary alicyclic amines) is 1. The zero-order valence-corrected chi connectivity index (χ0v) is 16.0. The molecule has 2 saturated carbocycles. The smallest absolute Gasteiger partial charge is 0.228 e. The molecule has 1 unspecified atom stereocenters. The van der Waals surface area contributed by atoms with Gasteiger partial charge in [0.15, 0.2) is 0 Å². The zero-order valence-electron chi connectivity index (χ0n) is 16.0. The second-order valence-corrected chi connectivity index (χ2v) is 8.71. The van der Waals surface area contributed by atoms with E-state index in [-0.39, 0.29) is 30.0 Å². The third kappa shape index (κ3) is 3.24. The van der Waals surface area contributed by atoms with Gasteiger partial charge in [-0.05, 0) is 68.6 Å². The van der Waals surface area contributed by atoms with E-state index < -0.39 is 0 Å². The van der Waals surface area contributed by atoms with Crippen LogP contribution in [-0.2, 0) is 4.79 Å². The molecule has 142 valence electrons. The molecule has 0 radical (unpaired) electrons. The first-order chi connectivity index (χ1) is 12.5. The lowest BCUT2D eigenvalue weighted by Crippen LogP contribution is -2.59. The topological polar surface area (TPSA) is 49.8 Å². The lowest BCUT2D eigenvalue weighted by atomic mass is 9.77. The van der Waals surface area contributed by atoms with E-state index in [4.69, 9.17) is 4.74 Å². The van der Waals surface area contributed by atoms with Crippen molar-refractivity contribution in [1.82, 2.24) is 4.90 Å². The molecule has 1 amide bonds. The zero-order chi connectivity index (χ0) is 18.3. The summed E-state index contributed by atoms with van der Waals surface area (Å²) in [4.78, 5) is 14.3. The van der Waals surface area contributed by atoms with Crippen molar-refractivity contribution >= 4 is 5.91 Å². The third-order valence-corrected chi connectivity index (χ3v) is 6.72. The van der Waals surface area contributed by atoms with Gasteiger partial charge in [-0.3, -0.25) is 4.79 Å². The molecule has 1 heterocycles. The molecule has 4 rings (SSSR count). The van der Waals surface area contributed by atoms with Gasteiger partial charge in [0.1, 0.15) is 5.75 Å². The molecular weight excluding hydrogens is 326 g/mol. The molecule has 0 aromatic heterocycles. The predicted octanol–water partition coefficient (Wildman–Crippen LogP) is 3.65. The van der Waals surface area contributed by atoms with Gasteiger partial charge in [-0.15, -0.1) is 0 Å². The van der Waals surface area contributed by atoms with Crippen molar-refractivity contribution in [2.45, 2.75) is 64.4 Å². The maximum absolute atomic E-state index is 12.4. The average molecular weight is 357 g/mol. The van der Waals surface area contributed by atoms with Crippen LogP contribution in [-0.4, -0.2) is 41.7 Å². The Kier molecular flexibility index (Phi) is 4.72. The molecule has 1 aromatic carbocycles. The minimum Gasteiger partial charge on any atom is -0.490 e. The van der Waals surface area contributed by atoms with E-state index in [0.29, 0.717) is 6.42 Å². The Bertz CT molecular complexity index is 672. The number of aliphatic hydroxyl groups excluding tert-OH is 1. The van der Waals surface area contributed by atoms with Gasteiger partial charge in [-0.2, -0.15) is 0 Å². The fourth-order valence-electron chi connectivity index (χ4n) is 4.88. The lowest BCUT2D eigenvalue weighted by molar-refractivity contribution is -0.149. The quantitative estimate of drug-likeness (QED) is 0.845. The number of aliphatic hydroxyl groups is 1. The van der Waals surface area contributed by atoms with E-state index in [9.17, 15) is 9.90 Å². The molecule has 1 aromatic rings. The van der Waals surface area contributed by atoms with E-state index in [2.05, 4.69) is 25.1 Å². The summed E-state index contributed by atoms with van der Waals surface area (Å²) in [6.07, 6.45) is 6.85. The van der Waals surface area contributed by atoms with Crippen molar-refractivity contribution in [2.75, 3.05) is 19.7 Å². The van der Waals surface area contributed by atoms with Gasteiger partial charge < -0.3 is 14.7 Å². The highest BCUT2D eigenvalue weighted by atomic mass is 16.5. The van der Waals surface area contributed by atoms with Crippen LogP contribution in [0.5, 0.6) is 5.75 Å². The van der Waals surface area contributed by atoms with Crippen LogP contribution >= 0.6 is 0 Å². The number of nitrogens with zero attached hydrogens (tertiary/aromatic N) is 1. The largest absolute Gasteiger partial charge is 0.490 e. The van der Waals surface area contributed by atoms with Gasteiger partial charge in [0.05, 0.1) is 18.6 Å². The molecule has 0 bridgehead atoms. The van der Waals surface area contributed by atoms with Crippen molar-refractivity contribution in [1.29, 1.82) is 0 Å². The fourth-order valence-corrected chi connectivity index (χ4v) is 4.88. The van der Waals surface area contributed by atoms with Crippen molar-refractivity contribution in [3.05, 3.63) is 29.3 Å². The molecule has 3 aliphatic rings. The Hall–Kier alpha value is -1.55. The highest BCUT2D eigenvalue weighted by molar-refractivity contribution is 5.80. The van der Waals surface area contributed by atoms with Gasteiger partial charge in [0.2, 0.25) is 5.91 Å². The highest BCUT2D eigenvalue weighted by Gasteiger charge is 2.51. The van der Waals surface area contributed by atoms with Crippen LogP contribution in [0.15, 0.2) is 18.2 Å². The summed E-state index contributed by atoms with van der Waals surface area (Å²) >= 11 is 0. The van der Waals surface area contributed by atoms with Crippen LogP contribution in [0.4, 0.5) is 0 Å². The number of carbonyl (C=O) groups is 1. The monoisotopic (exact) mass is 357 g/mol. The summed E-state index contributed by atoms with van der Waals surface area (Å²) in [6, 6.07) is 6.48.